The van der Waals surface area contributed by atoms with Crippen LogP contribution in [0.4, 0.5) is 0 Å². The molecular weight excluding hydrogens is 250 g/mol. The Morgan fingerprint density at radius 2 is 1.95 bits per heavy atom. The van der Waals surface area contributed by atoms with Crippen molar-refractivity contribution in [3.63, 3.8) is 0 Å². The maximum absolute atomic E-state index is 9.82. The smallest absolute Gasteiger partial charge is 0.0677 e. The summed E-state index contributed by atoms with van der Waals surface area (Å²) in [6, 6.07) is 0. The Balaban J connectivity index is 1.68. The molecule has 3 heteroatoms. The van der Waals surface area contributed by atoms with E-state index in [0.717, 1.165) is 5.92 Å². The Morgan fingerprint density at radius 1 is 1.25 bits per heavy atom. The average molecular weight is 281 g/mol. The van der Waals surface area contributed by atoms with Crippen molar-refractivity contribution in [3.8, 4) is 0 Å². The van der Waals surface area contributed by atoms with Crippen LogP contribution in [0, 0.1) is 22.7 Å². The highest BCUT2D eigenvalue weighted by molar-refractivity contribution is 5.11. The third-order valence-electron chi connectivity index (χ3n) is 7.39. The van der Waals surface area contributed by atoms with Gasteiger partial charge in [-0.15, -0.1) is 0 Å². The zero-order valence-electron chi connectivity index (χ0n) is 13.5. The van der Waals surface area contributed by atoms with Gasteiger partial charge < -0.3 is 15.2 Å². The van der Waals surface area contributed by atoms with Gasteiger partial charge >= 0.3 is 0 Å². The van der Waals surface area contributed by atoms with E-state index in [1.165, 1.54) is 32.1 Å². The molecule has 0 saturated heterocycles. The van der Waals surface area contributed by atoms with Gasteiger partial charge in [0.15, 0.2) is 0 Å². The van der Waals surface area contributed by atoms with E-state index in [2.05, 4.69) is 26.1 Å². The van der Waals surface area contributed by atoms with Crippen LogP contribution in [0.5, 0.6) is 0 Å². The van der Waals surface area contributed by atoms with E-state index < -0.39 is 0 Å². The summed E-state index contributed by atoms with van der Waals surface area (Å²) in [5.74, 6) is 1.41. The minimum atomic E-state index is -0.206. The van der Waals surface area contributed by atoms with E-state index in [0.29, 0.717) is 29.5 Å². The van der Waals surface area contributed by atoms with Gasteiger partial charge in [-0.3, -0.25) is 0 Å². The summed E-state index contributed by atoms with van der Waals surface area (Å²) >= 11 is 0. The van der Waals surface area contributed by atoms with E-state index in [1.54, 1.807) is 0 Å². The lowest BCUT2D eigenvalue weighted by Gasteiger charge is -2.41. The summed E-state index contributed by atoms with van der Waals surface area (Å²) in [6.07, 6.45) is 6.68. The number of ether oxygens (including phenoxy) is 1. The first-order chi connectivity index (χ1) is 9.39. The molecule has 2 bridgehead atoms. The molecule has 20 heavy (non-hydrogen) atoms. The van der Waals surface area contributed by atoms with Gasteiger partial charge in [0.05, 0.1) is 24.9 Å². The zero-order valence-corrected chi connectivity index (χ0v) is 13.5. The summed E-state index contributed by atoms with van der Waals surface area (Å²) in [5, 5.41) is 13.2. The SMILES string of the molecule is CNC(CO)(COC1CC2CCC1(C)C2(C)C)C1CC1. The van der Waals surface area contributed by atoms with Crippen molar-refractivity contribution in [2.24, 2.45) is 22.7 Å². The van der Waals surface area contributed by atoms with E-state index in [4.69, 9.17) is 4.74 Å². The second-order valence-electron chi connectivity index (χ2n) is 8.25. The van der Waals surface area contributed by atoms with Crippen LogP contribution in [-0.4, -0.2) is 37.0 Å². The summed E-state index contributed by atoms with van der Waals surface area (Å²) in [5.41, 5.74) is 0.511. The Kier molecular flexibility index (Phi) is 3.47. The van der Waals surface area contributed by atoms with Crippen molar-refractivity contribution in [3.05, 3.63) is 0 Å². The predicted molar refractivity (Wildman–Crippen MR) is 80.6 cm³/mol. The third-order valence-corrected chi connectivity index (χ3v) is 7.39. The molecule has 3 aliphatic rings. The number of likely N-dealkylation sites (N-methyl/N-ethyl adjacent to an activating group) is 1. The van der Waals surface area contributed by atoms with Gasteiger partial charge in [-0.2, -0.15) is 0 Å². The first kappa shape index (κ1) is 14.8. The molecule has 3 nitrogen and oxygen atoms in total. The average Bonchev–Trinajstić information content (AvgIpc) is 3.21. The van der Waals surface area contributed by atoms with Gasteiger partial charge in [0.25, 0.3) is 0 Å². The van der Waals surface area contributed by atoms with Crippen LogP contribution in [-0.2, 0) is 4.74 Å². The molecule has 4 unspecified atom stereocenters. The van der Waals surface area contributed by atoms with Crippen molar-refractivity contribution in [2.75, 3.05) is 20.3 Å². The Morgan fingerprint density at radius 3 is 2.35 bits per heavy atom. The molecular formula is C17H31NO2. The van der Waals surface area contributed by atoms with Crippen molar-refractivity contribution in [2.45, 2.75) is 64.5 Å². The van der Waals surface area contributed by atoms with E-state index >= 15 is 0 Å². The highest BCUT2D eigenvalue weighted by atomic mass is 16.5. The topological polar surface area (TPSA) is 41.5 Å². The van der Waals surface area contributed by atoms with Crippen molar-refractivity contribution in [1.82, 2.24) is 5.32 Å². The van der Waals surface area contributed by atoms with Gasteiger partial charge in [0.2, 0.25) is 0 Å². The summed E-state index contributed by atoms with van der Waals surface area (Å²) < 4.78 is 6.40. The molecule has 3 fully saturated rings. The monoisotopic (exact) mass is 281 g/mol. The molecule has 0 radical (unpaired) electrons. The molecule has 0 aromatic carbocycles. The first-order valence-electron chi connectivity index (χ1n) is 8.31. The first-order valence-corrected chi connectivity index (χ1v) is 8.31. The standard InChI is InChI=1S/C17H31NO2/c1-15(2)13-7-8-16(15,3)14(9-13)20-11-17(10-19,18-4)12-5-6-12/h12-14,18-19H,5-11H2,1-4H3. The van der Waals surface area contributed by atoms with Gasteiger partial charge in [-0.05, 0) is 61.8 Å². The number of hydrogen-bond acceptors (Lipinski definition) is 3. The largest absolute Gasteiger partial charge is 0.394 e. The third kappa shape index (κ3) is 1.89. The molecule has 3 rings (SSSR count). The quantitative estimate of drug-likeness (QED) is 0.786. The number of rotatable bonds is 6. The molecule has 0 aromatic rings. The molecule has 116 valence electrons. The summed E-state index contributed by atoms with van der Waals surface area (Å²) in [6.45, 7) is 8.11. The van der Waals surface area contributed by atoms with Gasteiger partial charge in [-0.25, -0.2) is 0 Å². The van der Waals surface area contributed by atoms with E-state index in [1.807, 2.05) is 7.05 Å². The van der Waals surface area contributed by atoms with Crippen LogP contribution >= 0.6 is 0 Å². The second-order valence-corrected chi connectivity index (χ2v) is 8.25. The van der Waals surface area contributed by atoms with Crippen LogP contribution in [0.25, 0.3) is 0 Å². The Labute approximate surface area is 123 Å². The minimum absolute atomic E-state index is 0.185. The highest BCUT2D eigenvalue weighted by Crippen LogP contribution is 2.66. The minimum Gasteiger partial charge on any atom is -0.394 e. The number of aliphatic hydroxyl groups excluding tert-OH is 1. The van der Waals surface area contributed by atoms with E-state index in [9.17, 15) is 5.11 Å². The molecule has 0 heterocycles. The maximum Gasteiger partial charge on any atom is 0.0677 e. The van der Waals surface area contributed by atoms with E-state index in [-0.39, 0.29) is 12.1 Å². The predicted octanol–water partition coefficient (Wildman–Crippen LogP) is 2.58. The number of nitrogens with one attached hydrogen (secondary N) is 1. The van der Waals surface area contributed by atoms with Crippen molar-refractivity contribution in [1.29, 1.82) is 0 Å². The highest BCUT2D eigenvalue weighted by Gasteiger charge is 2.62. The van der Waals surface area contributed by atoms with Crippen LogP contribution in [0.1, 0.15) is 52.9 Å². The van der Waals surface area contributed by atoms with Crippen LogP contribution in [0.2, 0.25) is 0 Å². The lowest BCUT2D eigenvalue weighted by molar-refractivity contribution is -0.0782. The van der Waals surface area contributed by atoms with Gasteiger partial charge in [0.1, 0.15) is 0 Å². The number of aliphatic hydroxyl groups is 1. The van der Waals surface area contributed by atoms with Crippen molar-refractivity contribution < 1.29 is 9.84 Å². The van der Waals surface area contributed by atoms with Crippen LogP contribution in [0.3, 0.4) is 0 Å². The second kappa shape index (κ2) is 4.69. The molecule has 2 N–H and O–H groups in total. The fourth-order valence-corrected chi connectivity index (χ4v) is 4.92. The lowest BCUT2D eigenvalue weighted by atomic mass is 9.70. The maximum atomic E-state index is 9.82. The van der Waals surface area contributed by atoms with Crippen LogP contribution in [0.15, 0.2) is 0 Å². The lowest BCUT2D eigenvalue weighted by Crippen LogP contribution is -2.54. The fourth-order valence-electron chi connectivity index (χ4n) is 4.92. The van der Waals surface area contributed by atoms with Crippen molar-refractivity contribution >= 4 is 0 Å². The Bertz CT molecular complexity index is 373. The summed E-state index contributed by atoms with van der Waals surface area (Å²) in [4.78, 5) is 0. The molecule has 0 aromatic heterocycles. The van der Waals surface area contributed by atoms with Crippen LogP contribution < -0.4 is 5.32 Å². The normalized spacial score (nSPS) is 41.9. The number of hydrogen-bond donors (Lipinski definition) is 2. The summed E-state index contributed by atoms with van der Waals surface area (Å²) in [7, 11) is 1.96. The van der Waals surface area contributed by atoms with Gasteiger partial charge in [-0.1, -0.05) is 20.8 Å². The van der Waals surface area contributed by atoms with Gasteiger partial charge in [0, 0.05) is 0 Å². The molecule has 3 saturated carbocycles. The molecule has 0 aliphatic heterocycles. The zero-order chi connectivity index (χ0) is 14.6. The molecule has 0 amide bonds. The molecule has 0 spiro atoms. The number of fused-ring (bicyclic) bond motifs is 2. The fraction of sp³-hybridized carbons (Fsp3) is 1.00. The Hall–Kier alpha value is -0.120. The molecule has 4 atom stereocenters. The molecule has 3 aliphatic carbocycles.